The molecular weight excluding hydrogens is 308 g/mol. The molecule has 3 rings (SSSR count). The maximum atomic E-state index is 12.9. The molecule has 1 heterocycles. The lowest BCUT2D eigenvalue weighted by Crippen LogP contribution is -2.15. The van der Waals surface area contributed by atoms with Crippen LogP contribution in [0.1, 0.15) is 11.4 Å². The molecule has 0 atom stereocenters. The van der Waals surface area contributed by atoms with Crippen molar-refractivity contribution < 1.29 is 8.42 Å². The maximum Gasteiger partial charge on any atom is 0.269 e. The number of benzene rings is 2. The van der Waals surface area contributed by atoms with Gasteiger partial charge in [0.2, 0.25) is 0 Å². The minimum Gasteiger partial charge on any atom is -0.231 e. The fraction of sp³-hybridized carbons (Fsp3) is 0.133. The standard InChI is InChI=1S/C15H13ClN2O2S/c1-11-6-8-12(9-7-11)21(19,20)18-14-5-3-2-4-13(14)17-15(18)10-16/h2-9H,10H2,1H3. The second kappa shape index (κ2) is 5.16. The van der Waals surface area contributed by atoms with Gasteiger partial charge >= 0.3 is 0 Å². The van der Waals surface area contributed by atoms with Crippen molar-refractivity contribution in [3.8, 4) is 0 Å². The van der Waals surface area contributed by atoms with E-state index in [2.05, 4.69) is 4.98 Å². The van der Waals surface area contributed by atoms with Crippen molar-refractivity contribution in [1.82, 2.24) is 8.96 Å². The third kappa shape index (κ3) is 2.32. The smallest absolute Gasteiger partial charge is 0.231 e. The lowest BCUT2D eigenvalue weighted by atomic mass is 10.2. The van der Waals surface area contributed by atoms with Crippen molar-refractivity contribution in [2.75, 3.05) is 0 Å². The Balaban J connectivity index is 2.30. The Labute approximate surface area is 128 Å². The van der Waals surface area contributed by atoms with E-state index in [0.29, 0.717) is 16.9 Å². The molecule has 0 amide bonds. The molecule has 0 radical (unpaired) electrons. The molecule has 0 unspecified atom stereocenters. The fourth-order valence-electron chi connectivity index (χ4n) is 2.22. The zero-order valence-electron chi connectivity index (χ0n) is 11.3. The van der Waals surface area contributed by atoms with Gasteiger partial charge in [0, 0.05) is 0 Å². The Kier molecular flexibility index (Phi) is 3.47. The molecule has 1 aromatic heterocycles. The first-order valence-corrected chi connectivity index (χ1v) is 8.36. The normalized spacial score (nSPS) is 11.9. The van der Waals surface area contributed by atoms with Gasteiger partial charge in [-0.1, -0.05) is 29.8 Å². The zero-order valence-corrected chi connectivity index (χ0v) is 12.9. The molecule has 0 spiro atoms. The lowest BCUT2D eigenvalue weighted by molar-refractivity contribution is 0.587. The van der Waals surface area contributed by atoms with Crippen LogP contribution in [-0.2, 0) is 15.9 Å². The van der Waals surface area contributed by atoms with Gasteiger partial charge in [0.25, 0.3) is 10.0 Å². The SMILES string of the molecule is Cc1ccc(S(=O)(=O)n2c(CCl)nc3ccccc32)cc1. The summed E-state index contributed by atoms with van der Waals surface area (Å²) >= 11 is 5.87. The van der Waals surface area contributed by atoms with Gasteiger partial charge < -0.3 is 0 Å². The zero-order chi connectivity index (χ0) is 15.0. The minimum absolute atomic E-state index is 0.0276. The predicted molar refractivity (Wildman–Crippen MR) is 83.1 cm³/mol. The summed E-state index contributed by atoms with van der Waals surface area (Å²) in [5.74, 6) is 0.346. The van der Waals surface area contributed by atoms with Gasteiger partial charge in [0.1, 0.15) is 5.82 Å². The van der Waals surface area contributed by atoms with E-state index in [0.717, 1.165) is 5.56 Å². The van der Waals surface area contributed by atoms with E-state index in [1.54, 1.807) is 42.5 Å². The van der Waals surface area contributed by atoms with Gasteiger partial charge in [-0.15, -0.1) is 11.6 Å². The van der Waals surface area contributed by atoms with Gasteiger partial charge in [-0.25, -0.2) is 17.4 Å². The molecule has 0 N–H and O–H groups in total. The molecule has 0 aliphatic carbocycles. The fourth-order valence-corrected chi connectivity index (χ4v) is 3.96. The van der Waals surface area contributed by atoms with Gasteiger partial charge in [-0.2, -0.15) is 0 Å². The van der Waals surface area contributed by atoms with E-state index in [4.69, 9.17) is 11.6 Å². The number of para-hydroxylation sites is 2. The summed E-state index contributed by atoms with van der Waals surface area (Å²) in [6.45, 7) is 1.91. The van der Waals surface area contributed by atoms with Crippen molar-refractivity contribution in [3.05, 3.63) is 59.9 Å². The number of aromatic nitrogens is 2. The number of halogens is 1. The third-order valence-corrected chi connectivity index (χ3v) is 5.26. The molecule has 0 saturated carbocycles. The summed E-state index contributed by atoms with van der Waals surface area (Å²) in [7, 11) is -3.71. The van der Waals surface area contributed by atoms with Crippen molar-refractivity contribution in [2.45, 2.75) is 17.7 Å². The third-order valence-electron chi connectivity index (χ3n) is 3.26. The summed E-state index contributed by atoms with van der Waals surface area (Å²) in [6.07, 6.45) is 0. The van der Waals surface area contributed by atoms with Crippen LogP contribution in [0.3, 0.4) is 0 Å². The summed E-state index contributed by atoms with van der Waals surface area (Å²) < 4.78 is 27.0. The largest absolute Gasteiger partial charge is 0.269 e. The highest BCUT2D eigenvalue weighted by molar-refractivity contribution is 7.90. The Bertz CT molecular complexity index is 899. The molecule has 3 aromatic rings. The van der Waals surface area contributed by atoms with E-state index < -0.39 is 10.0 Å². The molecule has 2 aromatic carbocycles. The molecule has 0 aliphatic rings. The Morgan fingerprint density at radius 3 is 2.43 bits per heavy atom. The first kappa shape index (κ1) is 14.1. The Morgan fingerprint density at radius 2 is 1.76 bits per heavy atom. The van der Waals surface area contributed by atoms with E-state index in [1.807, 2.05) is 13.0 Å². The number of aryl methyl sites for hydroxylation is 1. The Morgan fingerprint density at radius 1 is 1.10 bits per heavy atom. The average Bonchev–Trinajstić information content (AvgIpc) is 2.87. The molecule has 4 nitrogen and oxygen atoms in total. The van der Waals surface area contributed by atoms with Crippen LogP contribution in [0.5, 0.6) is 0 Å². The molecule has 0 saturated heterocycles. The van der Waals surface area contributed by atoms with E-state index in [1.165, 1.54) is 3.97 Å². The van der Waals surface area contributed by atoms with Crippen LogP contribution in [0.4, 0.5) is 0 Å². The number of hydrogen-bond donors (Lipinski definition) is 0. The van der Waals surface area contributed by atoms with Crippen LogP contribution in [0.25, 0.3) is 11.0 Å². The molecular formula is C15H13ClN2O2S. The van der Waals surface area contributed by atoms with Crippen molar-refractivity contribution >= 4 is 32.7 Å². The van der Waals surface area contributed by atoms with Gasteiger partial charge in [-0.05, 0) is 31.2 Å². The minimum atomic E-state index is -3.71. The lowest BCUT2D eigenvalue weighted by Gasteiger charge is -2.09. The molecule has 21 heavy (non-hydrogen) atoms. The number of alkyl halides is 1. The predicted octanol–water partition coefficient (Wildman–Crippen LogP) is 3.32. The van der Waals surface area contributed by atoms with Crippen LogP contribution in [0, 0.1) is 6.92 Å². The number of fused-ring (bicyclic) bond motifs is 1. The molecule has 6 heteroatoms. The average molecular weight is 321 g/mol. The first-order chi connectivity index (χ1) is 10.0. The molecule has 0 fully saturated rings. The summed E-state index contributed by atoms with van der Waals surface area (Å²) in [6, 6.07) is 13.8. The van der Waals surface area contributed by atoms with Crippen molar-refractivity contribution in [3.63, 3.8) is 0 Å². The second-order valence-electron chi connectivity index (χ2n) is 4.73. The molecule has 0 bridgehead atoms. The summed E-state index contributed by atoms with van der Waals surface area (Å²) in [5, 5.41) is 0. The van der Waals surface area contributed by atoms with E-state index in [9.17, 15) is 8.42 Å². The van der Waals surface area contributed by atoms with Crippen LogP contribution >= 0.6 is 11.6 Å². The Hall–Kier alpha value is -1.85. The van der Waals surface area contributed by atoms with Crippen LogP contribution in [-0.4, -0.2) is 17.4 Å². The highest BCUT2D eigenvalue weighted by atomic mass is 35.5. The number of rotatable bonds is 3. The monoisotopic (exact) mass is 320 g/mol. The molecule has 0 aliphatic heterocycles. The quantitative estimate of drug-likeness (QED) is 0.696. The number of imidazole rings is 1. The highest BCUT2D eigenvalue weighted by Gasteiger charge is 2.23. The van der Waals surface area contributed by atoms with Gasteiger partial charge in [-0.3, -0.25) is 0 Å². The number of nitrogens with zero attached hydrogens (tertiary/aromatic N) is 2. The van der Waals surface area contributed by atoms with Crippen LogP contribution in [0.2, 0.25) is 0 Å². The topological polar surface area (TPSA) is 52.0 Å². The van der Waals surface area contributed by atoms with Gasteiger partial charge in [0.05, 0.1) is 21.8 Å². The van der Waals surface area contributed by atoms with Crippen LogP contribution < -0.4 is 0 Å². The van der Waals surface area contributed by atoms with Gasteiger partial charge in [0.15, 0.2) is 0 Å². The van der Waals surface area contributed by atoms with Crippen LogP contribution in [0.15, 0.2) is 53.4 Å². The van der Waals surface area contributed by atoms with E-state index >= 15 is 0 Å². The first-order valence-electron chi connectivity index (χ1n) is 6.38. The van der Waals surface area contributed by atoms with E-state index in [-0.39, 0.29) is 10.8 Å². The highest BCUT2D eigenvalue weighted by Crippen LogP contribution is 2.24. The van der Waals surface area contributed by atoms with Crippen molar-refractivity contribution in [1.29, 1.82) is 0 Å². The maximum absolute atomic E-state index is 12.9. The number of hydrogen-bond acceptors (Lipinski definition) is 3. The molecule has 108 valence electrons. The summed E-state index contributed by atoms with van der Waals surface area (Å²) in [5.41, 5.74) is 2.15. The van der Waals surface area contributed by atoms with Crippen molar-refractivity contribution in [2.24, 2.45) is 0 Å². The second-order valence-corrected chi connectivity index (χ2v) is 6.79. The summed E-state index contributed by atoms with van der Waals surface area (Å²) in [4.78, 5) is 4.52.